The average molecular weight is 248 g/mol. The van der Waals surface area contributed by atoms with Gasteiger partial charge >= 0.3 is 12.4 Å². The zero-order valence-electron chi connectivity index (χ0n) is 7.87. The van der Waals surface area contributed by atoms with Crippen molar-refractivity contribution in [3.05, 3.63) is 17.4 Å². The fraction of sp³-hybridized carbons (Fsp3) is 0.500. The Morgan fingerprint density at radius 2 is 1.62 bits per heavy atom. The molecule has 0 aromatic carbocycles. The summed E-state index contributed by atoms with van der Waals surface area (Å²) in [6.45, 7) is 0.742. The minimum Gasteiger partial charge on any atom is -0.492 e. The van der Waals surface area contributed by atoms with E-state index in [-0.39, 0.29) is 6.08 Å². The molecule has 0 atom stereocenters. The van der Waals surface area contributed by atoms with E-state index in [9.17, 15) is 31.1 Å². The number of hydrogen-bond donors (Lipinski definition) is 0. The van der Waals surface area contributed by atoms with Crippen molar-refractivity contribution in [1.29, 1.82) is 0 Å². The normalized spacial score (nSPS) is 11.7. The maximum absolute atomic E-state index is 12.1. The molecule has 0 N–H and O–H groups in total. The summed E-state index contributed by atoms with van der Waals surface area (Å²) >= 11 is 0. The molecular weight excluding hydrogens is 242 g/mol. The molecule has 0 aromatic rings. The van der Waals surface area contributed by atoms with E-state index in [4.69, 9.17) is 0 Å². The summed E-state index contributed by atoms with van der Waals surface area (Å²) in [7, 11) is 0. The molecule has 92 valence electrons. The van der Waals surface area contributed by atoms with Crippen molar-refractivity contribution in [2.45, 2.75) is 19.3 Å². The van der Waals surface area contributed by atoms with Crippen LogP contribution in [0.4, 0.5) is 26.3 Å². The van der Waals surface area contributed by atoms with E-state index in [1.165, 1.54) is 6.92 Å². The number of hydrogen-bond acceptors (Lipinski definition) is 2. The van der Waals surface area contributed by atoms with Gasteiger partial charge in [-0.3, -0.25) is 0 Å². The van der Waals surface area contributed by atoms with Crippen LogP contribution in [0.1, 0.15) is 6.92 Å². The van der Waals surface area contributed by atoms with Crippen LogP contribution in [0.3, 0.4) is 0 Å². The maximum Gasteiger partial charge on any atom is 0.424 e. The average Bonchev–Trinajstić information content (AvgIpc) is 1.99. The summed E-state index contributed by atoms with van der Waals surface area (Å²) in [6, 6.07) is 0. The molecule has 8 heteroatoms. The zero-order valence-corrected chi connectivity index (χ0v) is 7.87. The number of allylic oxidation sites excluding steroid dienone is 2. The van der Waals surface area contributed by atoms with Crippen LogP contribution < -0.4 is 0 Å². The highest BCUT2D eigenvalue weighted by Gasteiger charge is 2.53. The molecule has 0 aliphatic rings. The van der Waals surface area contributed by atoms with E-state index >= 15 is 0 Å². The molecule has 0 aliphatic heterocycles. The third-order valence-corrected chi connectivity index (χ3v) is 1.30. The minimum atomic E-state index is -5.66. The van der Waals surface area contributed by atoms with E-state index in [2.05, 4.69) is 4.74 Å². The SMILES string of the molecule is CCOC(C=C=O)=C(C(F)(F)F)C(F)(F)F. The molecule has 0 fully saturated rings. The molecule has 0 heterocycles. The monoisotopic (exact) mass is 248 g/mol. The van der Waals surface area contributed by atoms with Crippen molar-refractivity contribution in [2.75, 3.05) is 6.61 Å². The van der Waals surface area contributed by atoms with Gasteiger partial charge in [-0.05, 0) is 6.92 Å². The Morgan fingerprint density at radius 3 is 1.88 bits per heavy atom. The van der Waals surface area contributed by atoms with Gasteiger partial charge in [-0.2, -0.15) is 26.3 Å². The summed E-state index contributed by atoms with van der Waals surface area (Å²) in [6.07, 6.45) is -11.4. The Morgan fingerprint density at radius 1 is 1.19 bits per heavy atom. The molecule has 0 spiro atoms. The van der Waals surface area contributed by atoms with E-state index in [1.54, 1.807) is 0 Å². The Balaban J connectivity index is 5.75. The van der Waals surface area contributed by atoms with Crippen LogP contribution in [-0.4, -0.2) is 24.9 Å². The lowest BCUT2D eigenvalue weighted by atomic mass is 10.2. The molecule has 0 rings (SSSR count). The summed E-state index contributed by atoms with van der Waals surface area (Å²) < 4.78 is 76.7. The Hall–Kier alpha value is -1.43. The molecule has 0 saturated heterocycles. The first-order chi connectivity index (χ1) is 7.14. The largest absolute Gasteiger partial charge is 0.492 e. The van der Waals surface area contributed by atoms with Crippen molar-refractivity contribution >= 4 is 5.94 Å². The third-order valence-electron chi connectivity index (χ3n) is 1.30. The molecule has 0 amide bonds. The Bertz CT molecular complexity index is 302. The van der Waals surface area contributed by atoms with Gasteiger partial charge in [0.2, 0.25) is 0 Å². The van der Waals surface area contributed by atoms with Crippen LogP contribution in [0.25, 0.3) is 0 Å². The topological polar surface area (TPSA) is 26.3 Å². The predicted octanol–water partition coefficient (Wildman–Crippen LogP) is 2.79. The lowest BCUT2D eigenvalue weighted by Gasteiger charge is -2.17. The summed E-state index contributed by atoms with van der Waals surface area (Å²) in [5, 5.41) is 0. The van der Waals surface area contributed by atoms with Gasteiger partial charge in [0, 0.05) is 0 Å². The van der Waals surface area contributed by atoms with E-state index in [0.29, 0.717) is 0 Å². The van der Waals surface area contributed by atoms with Gasteiger partial charge in [-0.1, -0.05) is 0 Å². The van der Waals surface area contributed by atoms with Crippen LogP contribution in [0, 0.1) is 0 Å². The minimum absolute atomic E-state index is 0.0419. The number of alkyl halides is 6. The fourth-order valence-electron chi connectivity index (χ4n) is 0.835. The smallest absolute Gasteiger partial charge is 0.424 e. The van der Waals surface area contributed by atoms with Gasteiger partial charge in [0.05, 0.1) is 12.7 Å². The predicted molar refractivity (Wildman–Crippen MR) is 41.0 cm³/mol. The van der Waals surface area contributed by atoms with Crippen LogP contribution in [0.15, 0.2) is 17.4 Å². The second kappa shape index (κ2) is 5.07. The molecule has 0 bridgehead atoms. The zero-order chi connectivity index (χ0) is 13.0. The molecule has 16 heavy (non-hydrogen) atoms. The van der Waals surface area contributed by atoms with E-state index < -0.39 is 30.3 Å². The summed E-state index contributed by atoms with van der Waals surface area (Å²) in [4.78, 5) is 9.82. The van der Waals surface area contributed by atoms with Gasteiger partial charge in [0.1, 0.15) is 11.7 Å². The first-order valence-electron chi connectivity index (χ1n) is 3.87. The highest BCUT2D eigenvalue weighted by atomic mass is 19.4. The second-order valence-electron chi connectivity index (χ2n) is 2.43. The molecule has 0 aliphatic carbocycles. The summed E-state index contributed by atoms with van der Waals surface area (Å²) in [5.74, 6) is -0.766. The molecule has 0 aromatic heterocycles. The highest BCUT2D eigenvalue weighted by Crippen LogP contribution is 2.41. The van der Waals surface area contributed by atoms with Crippen molar-refractivity contribution in [2.24, 2.45) is 0 Å². The standard InChI is InChI=1S/C8H6F6O2/c1-2-16-5(3-4-15)6(7(9,10)11)8(12,13)14/h3H,2H2,1H3. The number of halogens is 6. The lowest BCUT2D eigenvalue weighted by Crippen LogP contribution is -2.28. The van der Waals surface area contributed by atoms with Crippen molar-refractivity contribution < 1.29 is 35.9 Å². The first kappa shape index (κ1) is 14.6. The van der Waals surface area contributed by atoms with Crippen LogP contribution in [0.2, 0.25) is 0 Å². The van der Waals surface area contributed by atoms with Gasteiger partial charge in [-0.15, -0.1) is 0 Å². The fourth-order valence-corrected chi connectivity index (χ4v) is 0.835. The van der Waals surface area contributed by atoms with Gasteiger partial charge < -0.3 is 4.74 Å². The number of carbonyl (C=O) groups excluding carboxylic acids is 1. The van der Waals surface area contributed by atoms with Crippen molar-refractivity contribution in [1.82, 2.24) is 0 Å². The van der Waals surface area contributed by atoms with E-state index in [0.717, 1.165) is 5.94 Å². The molecule has 2 nitrogen and oxygen atoms in total. The highest BCUT2D eigenvalue weighted by molar-refractivity contribution is 5.52. The molecule has 0 saturated carbocycles. The Kier molecular flexibility index (Phi) is 4.61. The van der Waals surface area contributed by atoms with Crippen molar-refractivity contribution in [3.8, 4) is 0 Å². The van der Waals surface area contributed by atoms with Crippen molar-refractivity contribution in [3.63, 3.8) is 0 Å². The quantitative estimate of drug-likeness (QED) is 0.332. The van der Waals surface area contributed by atoms with Gasteiger partial charge in [0.25, 0.3) is 0 Å². The maximum atomic E-state index is 12.1. The number of rotatable bonds is 3. The van der Waals surface area contributed by atoms with Crippen LogP contribution >= 0.6 is 0 Å². The molecule has 0 radical (unpaired) electrons. The van der Waals surface area contributed by atoms with E-state index in [1.807, 2.05) is 0 Å². The number of ether oxygens (including phenoxy) is 1. The lowest BCUT2D eigenvalue weighted by molar-refractivity contribution is -0.175. The van der Waals surface area contributed by atoms with Gasteiger partial charge in [-0.25, -0.2) is 4.79 Å². The second-order valence-corrected chi connectivity index (χ2v) is 2.43. The first-order valence-corrected chi connectivity index (χ1v) is 3.87. The Labute approximate surface area is 86.2 Å². The summed E-state index contributed by atoms with van der Waals surface area (Å²) in [5.41, 5.74) is -2.86. The van der Waals surface area contributed by atoms with Gasteiger partial charge in [0.15, 0.2) is 5.57 Å². The molecule has 0 unspecified atom stereocenters. The third kappa shape index (κ3) is 3.98. The molecular formula is C8H6F6O2. The van der Waals surface area contributed by atoms with Crippen LogP contribution in [-0.2, 0) is 9.53 Å². The van der Waals surface area contributed by atoms with Crippen LogP contribution in [0.5, 0.6) is 0 Å².